The van der Waals surface area contributed by atoms with Gasteiger partial charge >= 0.3 is 0 Å². The van der Waals surface area contributed by atoms with Crippen LogP contribution < -0.4 is 5.19 Å². The van der Waals surface area contributed by atoms with Gasteiger partial charge in [0.15, 0.2) is 11.4 Å². The molecule has 0 aliphatic carbocycles. The second-order valence-electron chi connectivity index (χ2n) is 12.0. The number of aromatic nitrogens is 2. The average Bonchev–Trinajstić information content (AvgIpc) is 3.47. The van der Waals surface area contributed by atoms with Crippen LogP contribution in [-0.4, -0.2) is 18.0 Å². The summed E-state index contributed by atoms with van der Waals surface area (Å²) in [5, 5.41) is 6.97. The monoisotopic (exact) mass is 799 g/mol. The molecular formula is C39H28F2IrN2OSi-2. The van der Waals surface area contributed by atoms with Gasteiger partial charge in [-0.3, -0.25) is 4.39 Å². The van der Waals surface area contributed by atoms with Crippen LogP contribution in [-0.2, 0) is 20.1 Å². The molecule has 0 unspecified atom stereocenters. The van der Waals surface area contributed by atoms with E-state index in [1.54, 1.807) is 18.3 Å². The van der Waals surface area contributed by atoms with Gasteiger partial charge in [0.25, 0.3) is 0 Å². The number of halogens is 2. The van der Waals surface area contributed by atoms with E-state index in [4.69, 9.17) is 4.42 Å². The van der Waals surface area contributed by atoms with Crippen molar-refractivity contribution < 1.29 is 33.3 Å². The van der Waals surface area contributed by atoms with Gasteiger partial charge in [-0.05, 0) is 50.3 Å². The Kier molecular flexibility index (Phi) is 8.66. The minimum atomic E-state index is -1.30. The molecule has 3 heterocycles. The van der Waals surface area contributed by atoms with E-state index in [9.17, 15) is 4.39 Å². The molecule has 5 aromatic carbocycles. The van der Waals surface area contributed by atoms with Crippen LogP contribution in [0.15, 0.2) is 120 Å². The van der Waals surface area contributed by atoms with Gasteiger partial charge in [0.05, 0.1) is 13.7 Å². The van der Waals surface area contributed by atoms with E-state index in [-0.39, 0.29) is 37.3 Å². The number of furan rings is 1. The number of benzene rings is 5. The standard InChI is InChI=1S/C25H13FNO.C14H15FNSi.Ir/c26-21-14-20-16-7-2-1-6-15(16)11-12-17(20)23-19-9-5-8-18(24(19)28-25(21)23)22-10-3-4-13-27-22;1-17(2,3)13-8-9-14(16-10-13)11-4-6-12(15)7-5-11;/h1-7,9-14H;4,6-10H,1-3H3;/q2*-1;. The third-order valence-corrected chi connectivity index (χ3v) is 10.0. The van der Waals surface area contributed by atoms with E-state index in [1.165, 1.54) is 17.3 Å². The minimum Gasteiger partial charge on any atom is -0.497 e. The molecule has 3 aromatic heterocycles. The van der Waals surface area contributed by atoms with Crippen molar-refractivity contribution in [2.45, 2.75) is 19.6 Å². The predicted molar refractivity (Wildman–Crippen MR) is 182 cm³/mol. The van der Waals surface area contributed by atoms with Crippen LogP contribution in [0.5, 0.6) is 0 Å². The molecule has 0 spiro atoms. The van der Waals surface area contributed by atoms with Crippen LogP contribution in [0.25, 0.3) is 66.0 Å². The number of hydrogen-bond acceptors (Lipinski definition) is 3. The summed E-state index contributed by atoms with van der Waals surface area (Å²) >= 11 is 0. The molecule has 8 rings (SSSR count). The Morgan fingerprint density at radius 2 is 1.52 bits per heavy atom. The van der Waals surface area contributed by atoms with E-state index < -0.39 is 8.07 Å². The topological polar surface area (TPSA) is 38.9 Å². The van der Waals surface area contributed by atoms with Gasteiger partial charge in [0.1, 0.15) is 0 Å². The smallest absolute Gasteiger partial charge is 0.165 e. The fraction of sp³-hybridized carbons (Fsp3) is 0.0769. The first-order chi connectivity index (χ1) is 21.8. The molecule has 3 nitrogen and oxygen atoms in total. The van der Waals surface area contributed by atoms with Crippen molar-refractivity contribution in [3.05, 3.63) is 139 Å². The van der Waals surface area contributed by atoms with E-state index in [0.29, 0.717) is 5.58 Å². The van der Waals surface area contributed by atoms with Crippen molar-refractivity contribution in [3.8, 4) is 22.5 Å². The third-order valence-electron chi connectivity index (χ3n) is 7.98. The average molecular weight is 799 g/mol. The number of pyridine rings is 2. The van der Waals surface area contributed by atoms with Gasteiger partial charge in [0.2, 0.25) is 0 Å². The Morgan fingerprint density at radius 1 is 0.696 bits per heavy atom. The summed E-state index contributed by atoms with van der Waals surface area (Å²) in [4.78, 5) is 8.84. The molecule has 0 N–H and O–H groups in total. The maximum atomic E-state index is 15.1. The third kappa shape index (κ3) is 5.90. The van der Waals surface area contributed by atoms with Crippen molar-refractivity contribution in [2.75, 3.05) is 0 Å². The predicted octanol–water partition coefficient (Wildman–Crippen LogP) is 10.1. The second kappa shape index (κ2) is 12.7. The summed E-state index contributed by atoms with van der Waals surface area (Å²) in [5.41, 5.74) is 4.04. The fourth-order valence-corrected chi connectivity index (χ4v) is 6.66. The van der Waals surface area contributed by atoms with Crippen molar-refractivity contribution in [3.63, 3.8) is 0 Å². The van der Waals surface area contributed by atoms with E-state index >= 15 is 4.39 Å². The molecule has 0 amide bonds. The molecule has 0 saturated heterocycles. The molecule has 0 saturated carbocycles. The van der Waals surface area contributed by atoms with Crippen molar-refractivity contribution >= 4 is 56.7 Å². The van der Waals surface area contributed by atoms with Gasteiger partial charge < -0.3 is 14.4 Å². The van der Waals surface area contributed by atoms with E-state index in [0.717, 1.165) is 54.8 Å². The van der Waals surface area contributed by atoms with Crippen molar-refractivity contribution in [1.82, 2.24) is 9.97 Å². The normalized spacial score (nSPS) is 11.4. The summed E-state index contributed by atoms with van der Waals surface area (Å²) in [5.74, 6) is -0.630. The van der Waals surface area contributed by atoms with Crippen LogP contribution in [0, 0.1) is 23.8 Å². The van der Waals surface area contributed by atoms with Gasteiger partial charge in [-0.15, -0.1) is 48.0 Å². The summed E-state index contributed by atoms with van der Waals surface area (Å²) in [6, 6.07) is 37.9. The van der Waals surface area contributed by atoms with Crippen molar-refractivity contribution in [1.29, 1.82) is 0 Å². The maximum Gasteiger partial charge on any atom is 0.165 e. The maximum absolute atomic E-state index is 15.1. The van der Waals surface area contributed by atoms with Crippen LogP contribution in [0.4, 0.5) is 8.78 Å². The Bertz CT molecular complexity index is 2320. The van der Waals surface area contributed by atoms with Crippen LogP contribution in [0.3, 0.4) is 0 Å². The zero-order valence-electron chi connectivity index (χ0n) is 25.4. The quantitative estimate of drug-likeness (QED) is 0.102. The first-order valence-electron chi connectivity index (χ1n) is 14.7. The fourth-order valence-electron chi connectivity index (χ4n) is 5.62. The summed E-state index contributed by atoms with van der Waals surface area (Å²) in [7, 11) is -1.30. The summed E-state index contributed by atoms with van der Waals surface area (Å²) in [6.07, 6.45) is 3.66. The van der Waals surface area contributed by atoms with Gasteiger partial charge in [0, 0.05) is 43.7 Å². The SMILES string of the molecule is C[Si](C)(C)c1ccc(-c2[c-]cc(F)cc2)nc1.Fc1cc2c3ccccc3ccc2c2c1oc1c(-c3ccccn3)[c-]ccc12.[Ir]. The van der Waals surface area contributed by atoms with Gasteiger partial charge in [-0.2, -0.15) is 0 Å². The molecule has 8 aromatic rings. The molecule has 0 atom stereocenters. The zero-order valence-corrected chi connectivity index (χ0v) is 28.8. The number of nitrogens with zero attached hydrogens (tertiary/aromatic N) is 2. The Hall–Kier alpha value is -4.55. The molecule has 1 radical (unpaired) electrons. The number of rotatable bonds is 3. The Balaban J connectivity index is 0.000000179. The number of fused-ring (bicyclic) bond motifs is 7. The zero-order chi connectivity index (χ0) is 31.1. The molecule has 46 heavy (non-hydrogen) atoms. The summed E-state index contributed by atoms with van der Waals surface area (Å²) < 4.78 is 33.9. The van der Waals surface area contributed by atoms with Gasteiger partial charge in [-0.25, -0.2) is 4.39 Å². The molecule has 0 bridgehead atoms. The molecule has 229 valence electrons. The Labute approximate surface area is 280 Å². The second-order valence-corrected chi connectivity index (χ2v) is 17.0. The first-order valence-corrected chi connectivity index (χ1v) is 18.2. The first kappa shape index (κ1) is 31.4. The number of hydrogen-bond donors (Lipinski definition) is 0. The van der Waals surface area contributed by atoms with Crippen LogP contribution >= 0.6 is 0 Å². The molecule has 0 aliphatic heterocycles. The van der Waals surface area contributed by atoms with Crippen LogP contribution in [0.1, 0.15) is 0 Å². The van der Waals surface area contributed by atoms with Crippen molar-refractivity contribution in [2.24, 2.45) is 0 Å². The largest absolute Gasteiger partial charge is 0.497 e. The Morgan fingerprint density at radius 3 is 2.24 bits per heavy atom. The molecular weight excluding hydrogens is 771 g/mol. The molecule has 0 aliphatic rings. The van der Waals surface area contributed by atoms with E-state index in [2.05, 4.69) is 53.9 Å². The summed E-state index contributed by atoms with van der Waals surface area (Å²) in [6.45, 7) is 6.86. The van der Waals surface area contributed by atoms with E-state index in [1.807, 2.05) is 72.9 Å². The minimum absolute atomic E-state index is 0. The molecule has 0 fully saturated rings. The molecule has 7 heteroatoms. The van der Waals surface area contributed by atoms with Crippen LogP contribution in [0.2, 0.25) is 19.6 Å². The van der Waals surface area contributed by atoms with Gasteiger partial charge in [-0.1, -0.05) is 91.3 Å².